The zero-order valence-corrected chi connectivity index (χ0v) is 23.8. The van der Waals surface area contributed by atoms with Crippen molar-refractivity contribution in [2.75, 3.05) is 19.8 Å². The Balaban J connectivity index is 1.74. The molecule has 1 fully saturated rings. The Kier molecular flexibility index (Phi) is 12.3. The molecule has 0 saturated heterocycles. The SMILES string of the molecule is CC(C)N(C[C@@H](COc1ccccc1C1CCCC1)OC(=O)c1ccc(CO[N+](=O)[O-])cc1)C(=O)CCCO[N+](=O)[O-]. The molecule has 42 heavy (non-hydrogen) atoms. The number of esters is 1. The smallest absolute Gasteiger partial charge is 0.338 e. The largest absolute Gasteiger partial charge is 0.489 e. The molecule has 1 aliphatic carbocycles. The van der Waals surface area contributed by atoms with Crippen LogP contribution < -0.4 is 4.74 Å². The van der Waals surface area contributed by atoms with Crippen LogP contribution in [0.15, 0.2) is 48.5 Å². The molecule has 13 nitrogen and oxygen atoms in total. The standard InChI is InChI=1S/C29H37N3O10/c1-21(2)30(28(33)12-7-17-40-31(35)36)18-25(20-39-27-11-6-5-10-26(27)23-8-3-4-9-23)42-29(34)24-15-13-22(14-16-24)19-41-32(37)38/h5-6,10-11,13-16,21,23,25H,3-4,7-9,12,17-20H2,1-2H3/t25-/m0/s1. The Morgan fingerprint density at radius 1 is 0.976 bits per heavy atom. The van der Waals surface area contributed by atoms with Crippen LogP contribution in [-0.4, -0.2) is 58.9 Å². The number of rotatable bonds is 17. The lowest BCUT2D eigenvalue weighted by atomic mass is 9.97. The molecule has 0 N–H and O–H groups in total. The highest BCUT2D eigenvalue weighted by atomic mass is 17.0. The van der Waals surface area contributed by atoms with E-state index in [0.29, 0.717) is 17.2 Å². The maximum atomic E-state index is 13.1. The van der Waals surface area contributed by atoms with E-state index in [4.69, 9.17) is 9.47 Å². The molecule has 2 aromatic rings. The van der Waals surface area contributed by atoms with Crippen molar-refractivity contribution in [1.29, 1.82) is 0 Å². The van der Waals surface area contributed by atoms with Gasteiger partial charge in [-0.15, -0.1) is 20.2 Å². The molecule has 0 aromatic heterocycles. The molecule has 1 atom stereocenters. The van der Waals surface area contributed by atoms with E-state index in [0.717, 1.165) is 31.2 Å². The maximum Gasteiger partial charge on any atom is 0.338 e. The van der Waals surface area contributed by atoms with Crippen molar-refractivity contribution in [3.05, 3.63) is 85.4 Å². The van der Waals surface area contributed by atoms with E-state index in [9.17, 15) is 29.8 Å². The molecular weight excluding hydrogens is 550 g/mol. The number of carbonyl (C=O) groups excluding carboxylic acids is 2. The van der Waals surface area contributed by atoms with Crippen LogP contribution in [0.3, 0.4) is 0 Å². The maximum absolute atomic E-state index is 13.1. The quantitative estimate of drug-likeness (QED) is 0.108. The molecule has 0 unspecified atom stereocenters. The minimum Gasteiger partial charge on any atom is -0.489 e. The van der Waals surface area contributed by atoms with Crippen molar-refractivity contribution < 1.29 is 38.9 Å². The molecule has 3 rings (SSSR count). The fraction of sp³-hybridized carbons (Fsp3) is 0.517. The first-order chi connectivity index (χ1) is 20.1. The summed E-state index contributed by atoms with van der Waals surface area (Å²) in [6.45, 7) is 3.23. The number of carbonyl (C=O) groups is 2. The summed E-state index contributed by atoms with van der Waals surface area (Å²) < 4.78 is 12.1. The molecule has 0 spiro atoms. The second-order valence-corrected chi connectivity index (χ2v) is 10.4. The highest BCUT2D eigenvalue weighted by Crippen LogP contribution is 2.38. The van der Waals surface area contributed by atoms with Crippen LogP contribution in [-0.2, 0) is 25.8 Å². The topological polar surface area (TPSA) is 161 Å². The van der Waals surface area contributed by atoms with Crippen molar-refractivity contribution in [1.82, 2.24) is 4.90 Å². The van der Waals surface area contributed by atoms with Gasteiger partial charge in [0.1, 0.15) is 19.0 Å². The third-order valence-electron chi connectivity index (χ3n) is 7.01. The lowest BCUT2D eigenvalue weighted by Crippen LogP contribution is -2.45. The van der Waals surface area contributed by atoms with E-state index in [1.54, 1.807) is 4.90 Å². The van der Waals surface area contributed by atoms with Gasteiger partial charge in [0, 0.05) is 12.5 Å². The molecule has 1 aliphatic rings. The molecule has 0 radical (unpaired) electrons. The average molecular weight is 588 g/mol. The molecule has 1 saturated carbocycles. The molecule has 2 aromatic carbocycles. The Morgan fingerprint density at radius 3 is 2.29 bits per heavy atom. The summed E-state index contributed by atoms with van der Waals surface area (Å²) in [5, 5.41) is 19.1. The van der Waals surface area contributed by atoms with Crippen LogP contribution in [0, 0.1) is 20.2 Å². The summed E-state index contributed by atoms with van der Waals surface area (Å²) >= 11 is 0. The normalized spacial score (nSPS) is 13.8. The van der Waals surface area contributed by atoms with Crippen LogP contribution in [0.4, 0.5) is 0 Å². The van der Waals surface area contributed by atoms with Gasteiger partial charge in [-0.05, 0) is 68.4 Å². The predicted molar refractivity (Wildman–Crippen MR) is 150 cm³/mol. The van der Waals surface area contributed by atoms with Crippen molar-refractivity contribution in [2.24, 2.45) is 0 Å². The molecule has 0 bridgehead atoms. The van der Waals surface area contributed by atoms with E-state index < -0.39 is 22.2 Å². The average Bonchev–Trinajstić information content (AvgIpc) is 3.50. The summed E-state index contributed by atoms with van der Waals surface area (Å²) in [6.07, 6.45) is 3.82. The molecule has 0 heterocycles. The van der Waals surface area contributed by atoms with Gasteiger partial charge >= 0.3 is 5.97 Å². The van der Waals surface area contributed by atoms with Crippen LogP contribution >= 0.6 is 0 Å². The zero-order valence-electron chi connectivity index (χ0n) is 23.8. The first kappa shape index (κ1) is 32.1. The summed E-state index contributed by atoms with van der Waals surface area (Å²) in [7, 11) is 0. The number of amides is 1. The van der Waals surface area contributed by atoms with E-state index >= 15 is 0 Å². The minimum absolute atomic E-state index is 0.00876. The van der Waals surface area contributed by atoms with Crippen molar-refractivity contribution in [2.45, 2.75) is 77.0 Å². The summed E-state index contributed by atoms with van der Waals surface area (Å²) in [5.41, 5.74) is 1.83. The first-order valence-corrected chi connectivity index (χ1v) is 14.0. The van der Waals surface area contributed by atoms with Crippen LogP contribution in [0.1, 0.15) is 79.8 Å². The Hall–Kier alpha value is -4.42. The highest BCUT2D eigenvalue weighted by molar-refractivity contribution is 5.89. The van der Waals surface area contributed by atoms with Crippen molar-refractivity contribution in [3.63, 3.8) is 0 Å². The van der Waals surface area contributed by atoms with E-state index in [1.807, 2.05) is 38.1 Å². The van der Waals surface area contributed by atoms with Gasteiger partial charge in [-0.2, -0.15) is 0 Å². The zero-order chi connectivity index (χ0) is 30.5. The number of nitrogens with zero attached hydrogens (tertiary/aromatic N) is 3. The third kappa shape index (κ3) is 10.2. The number of benzene rings is 2. The predicted octanol–water partition coefficient (Wildman–Crippen LogP) is 4.88. The lowest BCUT2D eigenvalue weighted by Gasteiger charge is -2.31. The van der Waals surface area contributed by atoms with Gasteiger partial charge in [0.05, 0.1) is 18.7 Å². The van der Waals surface area contributed by atoms with Gasteiger partial charge in [0.2, 0.25) is 5.91 Å². The molecule has 13 heteroatoms. The molecule has 228 valence electrons. The summed E-state index contributed by atoms with van der Waals surface area (Å²) in [5.74, 6) is 0.194. The van der Waals surface area contributed by atoms with E-state index in [-0.39, 0.29) is 56.7 Å². The van der Waals surface area contributed by atoms with Gasteiger partial charge in [0.15, 0.2) is 6.10 Å². The second kappa shape index (κ2) is 16.1. The van der Waals surface area contributed by atoms with Gasteiger partial charge in [0.25, 0.3) is 10.2 Å². The van der Waals surface area contributed by atoms with Gasteiger partial charge in [-0.1, -0.05) is 43.2 Å². The van der Waals surface area contributed by atoms with Crippen molar-refractivity contribution >= 4 is 11.9 Å². The number of para-hydroxylation sites is 1. The molecule has 0 aliphatic heterocycles. The van der Waals surface area contributed by atoms with Gasteiger partial charge in [-0.3, -0.25) is 4.79 Å². The second-order valence-electron chi connectivity index (χ2n) is 10.4. The third-order valence-corrected chi connectivity index (χ3v) is 7.01. The summed E-state index contributed by atoms with van der Waals surface area (Å²) in [6, 6.07) is 13.6. The molecule has 1 amide bonds. The number of ether oxygens (including phenoxy) is 2. The fourth-order valence-corrected chi connectivity index (χ4v) is 4.90. The number of hydrogen-bond acceptors (Lipinski definition) is 10. The minimum atomic E-state index is -0.900. The Labute approximate surface area is 243 Å². The van der Waals surface area contributed by atoms with Gasteiger partial charge < -0.3 is 24.0 Å². The van der Waals surface area contributed by atoms with Crippen LogP contribution in [0.25, 0.3) is 0 Å². The van der Waals surface area contributed by atoms with Gasteiger partial charge in [-0.25, -0.2) is 4.79 Å². The Bertz CT molecular complexity index is 1200. The molecular formula is C29H37N3O10. The first-order valence-electron chi connectivity index (χ1n) is 14.0. The lowest BCUT2D eigenvalue weighted by molar-refractivity contribution is -0.763. The van der Waals surface area contributed by atoms with E-state index in [2.05, 4.69) is 9.68 Å². The van der Waals surface area contributed by atoms with E-state index in [1.165, 1.54) is 24.3 Å². The van der Waals surface area contributed by atoms with Crippen LogP contribution in [0.5, 0.6) is 5.75 Å². The van der Waals surface area contributed by atoms with Crippen LogP contribution in [0.2, 0.25) is 0 Å². The monoisotopic (exact) mass is 587 g/mol. The number of hydrogen-bond donors (Lipinski definition) is 0. The summed E-state index contributed by atoms with van der Waals surface area (Å²) in [4.78, 5) is 57.2. The fourth-order valence-electron chi connectivity index (χ4n) is 4.90. The van der Waals surface area contributed by atoms with Crippen molar-refractivity contribution in [3.8, 4) is 5.75 Å². The Morgan fingerprint density at radius 2 is 1.64 bits per heavy atom. The highest BCUT2D eigenvalue weighted by Gasteiger charge is 2.27.